The average molecular weight is 273 g/mol. The molecule has 20 heavy (non-hydrogen) atoms. The third kappa shape index (κ3) is 3.39. The van der Waals surface area contributed by atoms with Crippen molar-refractivity contribution in [2.75, 3.05) is 13.7 Å². The third-order valence-corrected chi connectivity index (χ3v) is 3.47. The Morgan fingerprint density at radius 1 is 1.25 bits per heavy atom. The zero-order valence-electron chi connectivity index (χ0n) is 12.5. The second kappa shape index (κ2) is 7.10. The van der Waals surface area contributed by atoms with Crippen molar-refractivity contribution in [1.29, 1.82) is 0 Å². The number of nitrogens with one attached hydrogen (secondary N) is 1. The van der Waals surface area contributed by atoms with Gasteiger partial charge in [0.15, 0.2) is 0 Å². The highest BCUT2D eigenvalue weighted by Gasteiger charge is 2.12. The van der Waals surface area contributed by atoms with Crippen molar-refractivity contribution >= 4 is 0 Å². The number of ether oxygens (including phenoxy) is 1. The SMILES string of the molecule is CCNC(Cn1ccnc1CC)c1ccc(OC)cc1. The first-order valence-electron chi connectivity index (χ1n) is 7.15. The van der Waals surface area contributed by atoms with Gasteiger partial charge in [0.25, 0.3) is 0 Å². The smallest absolute Gasteiger partial charge is 0.118 e. The van der Waals surface area contributed by atoms with Gasteiger partial charge < -0.3 is 14.6 Å². The molecule has 2 rings (SSSR count). The number of nitrogens with zero attached hydrogens (tertiary/aromatic N) is 2. The van der Waals surface area contributed by atoms with Crippen molar-refractivity contribution in [3.63, 3.8) is 0 Å². The molecule has 1 heterocycles. The van der Waals surface area contributed by atoms with Gasteiger partial charge in [-0.1, -0.05) is 26.0 Å². The summed E-state index contributed by atoms with van der Waals surface area (Å²) >= 11 is 0. The summed E-state index contributed by atoms with van der Waals surface area (Å²) in [7, 11) is 1.69. The number of hydrogen-bond donors (Lipinski definition) is 1. The van der Waals surface area contributed by atoms with Crippen LogP contribution in [0.1, 0.15) is 31.3 Å². The molecule has 1 aromatic carbocycles. The van der Waals surface area contributed by atoms with Gasteiger partial charge in [0, 0.05) is 25.4 Å². The summed E-state index contributed by atoms with van der Waals surface area (Å²) in [5.74, 6) is 2.02. The highest BCUT2D eigenvalue weighted by atomic mass is 16.5. The fraction of sp³-hybridized carbons (Fsp3) is 0.438. The van der Waals surface area contributed by atoms with E-state index in [-0.39, 0.29) is 6.04 Å². The first kappa shape index (κ1) is 14.6. The van der Waals surface area contributed by atoms with Crippen molar-refractivity contribution in [1.82, 2.24) is 14.9 Å². The van der Waals surface area contributed by atoms with Crippen LogP contribution >= 0.6 is 0 Å². The summed E-state index contributed by atoms with van der Waals surface area (Å²) in [6.07, 6.45) is 4.87. The van der Waals surface area contributed by atoms with Gasteiger partial charge >= 0.3 is 0 Å². The van der Waals surface area contributed by atoms with E-state index in [4.69, 9.17) is 4.74 Å². The Labute approximate surface area is 120 Å². The van der Waals surface area contributed by atoms with Crippen LogP contribution < -0.4 is 10.1 Å². The van der Waals surface area contributed by atoms with Crippen LogP contribution in [-0.4, -0.2) is 23.2 Å². The van der Waals surface area contributed by atoms with E-state index >= 15 is 0 Å². The molecule has 1 N–H and O–H groups in total. The van der Waals surface area contributed by atoms with Gasteiger partial charge in [-0.2, -0.15) is 0 Å². The average Bonchev–Trinajstić information content (AvgIpc) is 2.94. The maximum atomic E-state index is 5.22. The van der Waals surface area contributed by atoms with E-state index in [0.29, 0.717) is 0 Å². The van der Waals surface area contributed by atoms with Gasteiger partial charge in [0.1, 0.15) is 11.6 Å². The number of aromatic nitrogens is 2. The highest BCUT2D eigenvalue weighted by molar-refractivity contribution is 5.29. The van der Waals surface area contributed by atoms with Crippen LogP contribution in [0.3, 0.4) is 0 Å². The number of hydrogen-bond acceptors (Lipinski definition) is 3. The Hall–Kier alpha value is -1.81. The lowest BCUT2D eigenvalue weighted by atomic mass is 10.1. The van der Waals surface area contributed by atoms with Crippen molar-refractivity contribution in [3.05, 3.63) is 48.0 Å². The lowest BCUT2D eigenvalue weighted by Crippen LogP contribution is -2.25. The molecular weight excluding hydrogens is 250 g/mol. The van der Waals surface area contributed by atoms with Gasteiger partial charge in [-0.05, 0) is 24.2 Å². The number of imidazole rings is 1. The van der Waals surface area contributed by atoms with Gasteiger partial charge in [0.2, 0.25) is 0 Å². The van der Waals surface area contributed by atoms with Crippen LogP contribution in [0.25, 0.3) is 0 Å². The number of methoxy groups -OCH3 is 1. The Morgan fingerprint density at radius 3 is 2.60 bits per heavy atom. The number of rotatable bonds is 7. The Kier molecular flexibility index (Phi) is 5.18. The Balaban J connectivity index is 2.17. The van der Waals surface area contributed by atoms with E-state index in [0.717, 1.165) is 31.1 Å². The predicted molar refractivity (Wildman–Crippen MR) is 81.0 cm³/mol. The molecule has 4 nitrogen and oxygen atoms in total. The molecule has 0 amide bonds. The second-order valence-corrected chi connectivity index (χ2v) is 4.73. The standard InChI is InChI=1S/C16H23N3O/c1-4-16-18-10-11-19(16)12-15(17-5-2)13-6-8-14(20-3)9-7-13/h6-11,15,17H,4-5,12H2,1-3H3. The monoisotopic (exact) mass is 273 g/mol. The minimum Gasteiger partial charge on any atom is -0.497 e. The van der Waals surface area contributed by atoms with Crippen LogP contribution in [0.15, 0.2) is 36.7 Å². The summed E-state index contributed by atoms with van der Waals surface area (Å²) in [5, 5.41) is 3.54. The summed E-state index contributed by atoms with van der Waals surface area (Å²) in [5.41, 5.74) is 1.27. The lowest BCUT2D eigenvalue weighted by Gasteiger charge is -2.20. The van der Waals surface area contributed by atoms with Crippen LogP contribution in [-0.2, 0) is 13.0 Å². The van der Waals surface area contributed by atoms with Crippen LogP contribution in [0.2, 0.25) is 0 Å². The van der Waals surface area contributed by atoms with E-state index in [2.05, 4.69) is 40.8 Å². The summed E-state index contributed by atoms with van der Waals surface area (Å²) in [4.78, 5) is 4.38. The molecule has 0 radical (unpaired) electrons. The molecule has 0 saturated carbocycles. The zero-order valence-corrected chi connectivity index (χ0v) is 12.5. The molecule has 0 fully saturated rings. The van der Waals surface area contributed by atoms with Gasteiger partial charge in [-0.25, -0.2) is 4.98 Å². The molecule has 1 unspecified atom stereocenters. The zero-order chi connectivity index (χ0) is 14.4. The molecule has 0 aliphatic rings. The topological polar surface area (TPSA) is 39.1 Å². The van der Waals surface area contributed by atoms with Crippen molar-refractivity contribution in [2.24, 2.45) is 0 Å². The quantitative estimate of drug-likeness (QED) is 0.843. The first-order chi connectivity index (χ1) is 9.78. The largest absolute Gasteiger partial charge is 0.497 e. The van der Waals surface area contributed by atoms with E-state index in [1.54, 1.807) is 7.11 Å². The maximum Gasteiger partial charge on any atom is 0.118 e. The summed E-state index contributed by atoms with van der Waals surface area (Å²) in [6, 6.07) is 8.54. The molecule has 108 valence electrons. The van der Waals surface area contributed by atoms with Crippen molar-refractivity contribution in [2.45, 2.75) is 32.9 Å². The fourth-order valence-electron chi connectivity index (χ4n) is 2.39. The predicted octanol–water partition coefficient (Wildman–Crippen LogP) is 2.80. The van der Waals surface area contributed by atoms with Crippen molar-refractivity contribution < 1.29 is 4.74 Å². The normalized spacial score (nSPS) is 12.3. The van der Waals surface area contributed by atoms with Crippen LogP contribution in [0.4, 0.5) is 0 Å². The van der Waals surface area contributed by atoms with E-state index in [1.165, 1.54) is 5.56 Å². The Morgan fingerprint density at radius 2 is 2.00 bits per heavy atom. The van der Waals surface area contributed by atoms with Gasteiger partial charge in [-0.3, -0.25) is 0 Å². The molecule has 0 aliphatic heterocycles. The second-order valence-electron chi connectivity index (χ2n) is 4.73. The van der Waals surface area contributed by atoms with E-state index < -0.39 is 0 Å². The van der Waals surface area contributed by atoms with Gasteiger partial charge in [-0.15, -0.1) is 0 Å². The Bertz CT molecular complexity index is 519. The molecule has 2 aromatic rings. The van der Waals surface area contributed by atoms with Crippen LogP contribution in [0, 0.1) is 0 Å². The van der Waals surface area contributed by atoms with E-state index in [1.807, 2.05) is 24.5 Å². The molecule has 0 bridgehead atoms. The van der Waals surface area contributed by atoms with E-state index in [9.17, 15) is 0 Å². The highest BCUT2D eigenvalue weighted by Crippen LogP contribution is 2.19. The molecule has 1 atom stereocenters. The molecule has 4 heteroatoms. The van der Waals surface area contributed by atoms with Gasteiger partial charge in [0.05, 0.1) is 13.2 Å². The van der Waals surface area contributed by atoms with Crippen LogP contribution in [0.5, 0.6) is 5.75 Å². The molecular formula is C16H23N3O. The molecule has 0 saturated heterocycles. The fourth-order valence-corrected chi connectivity index (χ4v) is 2.39. The summed E-state index contributed by atoms with van der Waals surface area (Å²) < 4.78 is 7.44. The molecule has 1 aromatic heterocycles. The number of aryl methyl sites for hydroxylation is 1. The third-order valence-electron chi connectivity index (χ3n) is 3.47. The molecule has 0 aliphatic carbocycles. The minimum absolute atomic E-state index is 0.283. The summed E-state index contributed by atoms with van der Waals surface area (Å²) in [6.45, 7) is 6.09. The number of benzene rings is 1. The lowest BCUT2D eigenvalue weighted by molar-refractivity contribution is 0.413. The maximum absolute atomic E-state index is 5.22. The minimum atomic E-state index is 0.283. The number of likely N-dealkylation sites (N-methyl/N-ethyl adjacent to an activating group) is 1. The molecule has 0 spiro atoms. The first-order valence-corrected chi connectivity index (χ1v) is 7.15. The van der Waals surface area contributed by atoms with Crippen molar-refractivity contribution in [3.8, 4) is 5.75 Å².